The average Bonchev–Trinajstić information content (AvgIpc) is 3.43. The number of carbonyl (C=O) groups is 2. The topological polar surface area (TPSA) is 136 Å². The maximum Gasteiger partial charge on any atom is 0.267 e. The molecule has 0 spiro atoms. The van der Waals surface area contributed by atoms with Gasteiger partial charge in [0.2, 0.25) is 5.91 Å². The maximum absolute atomic E-state index is 12.0. The number of amides is 2. The van der Waals surface area contributed by atoms with E-state index < -0.39 is 11.3 Å². The molecule has 0 saturated carbocycles. The summed E-state index contributed by atoms with van der Waals surface area (Å²) >= 11 is 0. The molecule has 1 atom stereocenters. The van der Waals surface area contributed by atoms with E-state index in [9.17, 15) is 14.7 Å². The van der Waals surface area contributed by atoms with E-state index in [1.165, 1.54) is 23.4 Å². The lowest BCUT2D eigenvalue weighted by atomic mass is 9.88. The van der Waals surface area contributed by atoms with Crippen molar-refractivity contribution in [1.29, 1.82) is 0 Å². The van der Waals surface area contributed by atoms with Gasteiger partial charge in [0.15, 0.2) is 0 Å². The highest BCUT2D eigenvalue weighted by Crippen LogP contribution is 2.26. The standard InChI is InChI=1S/C21H18N6O3/c22-19(29)18-10-16(27-13-23-12-25-27)9-17(26-18)15-3-1-2-14(8-15)4-5-21(11-28)6-7-24-20(21)30/h1-3,8-10,12-13,28H,6-7,11H2,(H2,22,29)(H,24,30)/t21-/m0/s1. The van der Waals surface area contributed by atoms with Crippen LogP contribution in [0.3, 0.4) is 0 Å². The number of primary amides is 1. The van der Waals surface area contributed by atoms with Crippen molar-refractivity contribution < 1.29 is 14.7 Å². The molecule has 0 bridgehead atoms. The molecule has 0 aliphatic carbocycles. The molecule has 30 heavy (non-hydrogen) atoms. The second-order valence-electron chi connectivity index (χ2n) is 6.88. The fraction of sp³-hybridized carbons (Fsp3) is 0.190. The minimum Gasteiger partial charge on any atom is -0.394 e. The Kier molecular flexibility index (Phi) is 5.00. The number of hydrogen-bond donors (Lipinski definition) is 3. The zero-order valence-electron chi connectivity index (χ0n) is 15.9. The third-order valence-electron chi connectivity index (χ3n) is 4.89. The van der Waals surface area contributed by atoms with Crippen molar-refractivity contribution >= 4 is 11.8 Å². The van der Waals surface area contributed by atoms with Crippen LogP contribution in [0.4, 0.5) is 0 Å². The Morgan fingerprint density at radius 1 is 1.33 bits per heavy atom. The van der Waals surface area contributed by atoms with Crippen molar-refractivity contribution in [2.24, 2.45) is 11.1 Å². The number of nitrogens with two attached hydrogens (primary N) is 1. The number of nitrogens with one attached hydrogen (secondary N) is 1. The predicted octanol–water partition coefficient (Wildman–Crippen LogP) is 0.278. The molecule has 1 fully saturated rings. The lowest BCUT2D eigenvalue weighted by Gasteiger charge is -2.15. The van der Waals surface area contributed by atoms with Gasteiger partial charge in [-0.25, -0.2) is 14.6 Å². The van der Waals surface area contributed by atoms with Gasteiger partial charge in [0.1, 0.15) is 23.8 Å². The Labute approximate surface area is 172 Å². The summed E-state index contributed by atoms with van der Waals surface area (Å²) < 4.78 is 1.50. The maximum atomic E-state index is 12.0. The minimum atomic E-state index is -1.08. The first-order valence-corrected chi connectivity index (χ1v) is 9.20. The summed E-state index contributed by atoms with van der Waals surface area (Å²) in [7, 11) is 0. The largest absolute Gasteiger partial charge is 0.394 e. The number of pyridine rings is 1. The molecule has 0 unspecified atom stereocenters. The van der Waals surface area contributed by atoms with Gasteiger partial charge in [-0.05, 0) is 30.7 Å². The van der Waals surface area contributed by atoms with Crippen LogP contribution < -0.4 is 11.1 Å². The molecule has 1 saturated heterocycles. The lowest BCUT2D eigenvalue weighted by molar-refractivity contribution is -0.126. The highest BCUT2D eigenvalue weighted by Gasteiger charge is 2.40. The number of aliphatic hydroxyl groups is 1. The molecule has 1 aliphatic rings. The molecule has 2 aromatic heterocycles. The molecule has 150 valence electrons. The Hall–Kier alpha value is -4.03. The first-order valence-electron chi connectivity index (χ1n) is 9.20. The molecule has 9 heteroatoms. The summed E-state index contributed by atoms with van der Waals surface area (Å²) in [6, 6.07) is 10.5. The number of carbonyl (C=O) groups excluding carboxylic acids is 2. The summed E-state index contributed by atoms with van der Waals surface area (Å²) in [6.07, 6.45) is 3.35. The molecular weight excluding hydrogens is 384 g/mol. The van der Waals surface area contributed by atoms with E-state index >= 15 is 0 Å². The van der Waals surface area contributed by atoms with Gasteiger partial charge in [0.05, 0.1) is 18.0 Å². The van der Waals surface area contributed by atoms with Crippen molar-refractivity contribution in [3.05, 3.63) is 60.3 Å². The van der Waals surface area contributed by atoms with Crippen molar-refractivity contribution in [3.63, 3.8) is 0 Å². The Bertz CT molecular complexity index is 1180. The van der Waals surface area contributed by atoms with Crippen molar-refractivity contribution in [2.45, 2.75) is 6.42 Å². The van der Waals surface area contributed by atoms with Gasteiger partial charge in [-0.2, -0.15) is 5.10 Å². The first-order chi connectivity index (χ1) is 14.5. The van der Waals surface area contributed by atoms with Crippen LogP contribution >= 0.6 is 0 Å². The van der Waals surface area contributed by atoms with E-state index in [1.807, 2.05) is 6.07 Å². The smallest absolute Gasteiger partial charge is 0.267 e. The molecule has 4 rings (SSSR count). The number of nitrogens with zero attached hydrogens (tertiary/aromatic N) is 4. The second kappa shape index (κ2) is 7.77. The average molecular weight is 402 g/mol. The molecule has 3 heterocycles. The number of aromatic nitrogens is 4. The fourth-order valence-corrected chi connectivity index (χ4v) is 3.19. The second-order valence-corrected chi connectivity index (χ2v) is 6.88. The Morgan fingerprint density at radius 3 is 2.87 bits per heavy atom. The third-order valence-corrected chi connectivity index (χ3v) is 4.89. The van der Waals surface area contributed by atoms with Crippen LogP contribution in [0.25, 0.3) is 16.9 Å². The molecular formula is C21H18N6O3. The fourth-order valence-electron chi connectivity index (χ4n) is 3.19. The molecule has 1 aliphatic heterocycles. The summed E-state index contributed by atoms with van der Waals surface area (Å²) in [6.45, 7) is 0.151. The number of aliphatic hydroxyl groups excluding tert-OH is 1. The summed E-state index contributed by atoms with van der Waals surface area (Å²) in [5.74, 6) is 4.98. The first kappa shape index (κ1) is 19.3. The van der Waals surface area contributed by atoms with E-state index in [-0.39, 0.29) is 18.2 Å². The normalized spacial score (nSPS) is 17.8. The lowest BCUT2D eigenvalue weighted by Crippen LogP contribution is -2.33. The van der Waals surface area contributed by atoms with Crippen LogP contribution in [0.2, 0.25) is 0 Å². The van der Waals surface area contributed by atoms with Crippen LogP contribution in [-0.4, -0.2) is 49.8 Å². The van der Waals surface area contributed by atoms with Crippen LogP contribution in [0.1, 0.15) is 22.5 Å². The van der Waals surface area contributed by atoms with Gasteiger partial charge >= 0.3 is 0 Å². The zero-order chi connectivity index (χ0) is 21.1. The van der Waals surface area contributed by atoms with Crippen molar-refractivity contribution in [1.82, 2.24) is 25.1 Å². The van der Waals surface area contributed by atoms with Gasteiger partial charge in [-0.1, -0.05) is 24.0 Å². The van der Waals surface area contributed by atoms with Crippen LogP contribution in [0.5, 0.6) is 0 Å². The minimum absolute atomic E-state index is 0.0938. The van der Waals surface area contributed by atoms with Gasteiger partial charge in [-0.15, -0.1) is 0 Å². The molecule has 3 aromatic rings. The Balaban J connectivity index is 1.74. The molecule has 9 nitrogen and oxygen atoms in total. The van der Waals surface area contributed by atoms with E-state index in [4.69, 9.17) is 5.73 Å². The summed E-state index contributed by atoms with van der Waals surface area (Å²) in [4.78, 5) is 32.1. The van der Waals surface area contributed by atoms with Gasteiger partial charge in [0, 0.05) is 17.7 Å². The van der Waals surface area contributed by atoms with Crippen LogP contribution in [-0.2, 0) is 4.79 Å². The number of hydrogen-bond acceptors (Lipinski definition) is 6. The van der Waals surface area contributed by atoms with Gasteiger partial charge < -0.3 is 16.2 Å². The molecule has 4 N–H and O–H groups in total. The monoisotopic (exact) mass is 402 g/mol. The SMILES string of the molecule is NC(=O)c1cc(-n2cncn2)cc(-c2cccc(C#C[C@@]3(CO)CCNC3=O)c2)n1. The van der Waals surface area contributed by atoms with Crippen LogP contribution in [0.15, 0.2) is 49.1 Å². The summed E-state index contributed by atoms with van der Waals surface area (Å²) in [5, 5.41) is 16.5. The summed E-state index contributed by atoms with van der Waals surface area (Å²) in [5.41, 5.74) is 6.91. The van der Waals surface area contributed by atoms with Crippen molar-refractivity contribution in [3.8, 4) is 28.8 Å². The number of benzene rings is 1. The quantitative estimate of drug-likeness (QED) is 0.536. The van der Waals surface area contributed by atoms with Gasteiger partial charge in [-0.3, -0.25) is 9.59 Å². The molecule has 0 radical (unpaired) electrons. The van der Waals surface area contributed by atoms with E-state index in [1.54, 1.807) is 24.3 Å². The highest BCUT2D eigenvalue weighted by molar-refractivity contribution is 5.92. The zero-order valence-corrected chi connectivity index (χ0v) is 15.9. The van der Waals surface area contributed by atoms with Crippen molar-refractivity contribution in [2.75, 3.05) is 13.2 Å². The number of rotatable bonds is 4. The van der Waals surface area contributed by atoms with E-state index in [0.717, 1.165) is 0 Å². The highest BCUT2D eigenvalue weighted by atomic mass is 16.3. The van der Waals surface area contributed by atoms with Crippen LogP contribution in [0, 0.1) is 17.3 Å². The van der Waals surface area contributed by atoms with E-state index in [0.29, 0.717) is 35.5 Å². The van der Waals surface area contributed by atoms with Gasteiger partial charge in [0.25, 0.3) is 5.91 Å². The molecule has 2 amide bonds. The Morgan fingerprint density at radius 2 is 2.20 bits per heavy atom. The van der Waals surface area contributed by atoms with E-state index in [2.05, 4.69) is 32.2 Å². The molecule has 1 aromatic carbocycles. The third kappa shape index (κ3) is 3.64. The predicted molar refractivity (Wildman–Crippen MR) is 107 cm³/mol.